The van der Waals surface area contributed by atoms with Gasteiger partial charge in [0.05, 0.1) is 35.2 Å². The van der Waals surface area contributed by atoms with Crippen LogP contribution in [0.1, 0.15) is 77.2 Å². The molecule has 0 aliphatic carbocycles. The van der Waals surface area contributed by atoms with E-state index in [1.165, 1.54) is 4.90 Å². The Bertz CT molecular complexity index is 1970. The van der Waals surface area contributed by atoms with Gasteiger partial charge in [0.2, 0.25) is 0 Å². The maximum absolute atomic E-state index is 11.8. The molecule has 0 fully saturated rings. The molecule has 0 saturated carbocycles. The lowest BCUT2D eigenvalue weighted by molar-refractivity contribution is 0.0527. The fourth-order valence-corrected chi connectivity index (χ4v) is 8.07. The number of carbonyl (C=O) groups is 2. The third-order valence-electron chi connectivity index (χ3n) is 9.83. The second-order valence-corrected chi connectivity index (χ2v) is 31.1. The molecule has 2 amide bonds. The minimum Gasteiger partial charge on any atom is -0.465 e. The second kappa shape index (κ2) is 22.3. The van der Waals surface area contributed by atoms with E-state index in [0.29, 0.717) is 39.6 Å². The number of nitrogens with one attached hydrogen (secondary N) is 1. The molecule has 0 aliphatic heterocycles. The standard InChI is InChI=1S/2C22H38N4O3Si/c1-22(2,3)26(21(27)28)12-8-10-17-9-7-11-18-20(17)25(19(15-23)24-18)16-29-13-14-30(4,5)6;1-22(2,3)29-21(27)24-12-8-10-17-9-7-11-18-20(17)25-19(15-23)26(18)16-28-13-14-30(4,5)6/h7,9,11H,8,10,12-16,23H2,1-6H3,(H,27,28);7,9,11H,8,10,12-16,23H2,1-6H3,(H,24,27). The van der Waals surface area contributed by atoms with E-state index in [9.17, 15) is 14.7 Å². The van der Waals surface area contributed by atoms with Crippen molar-refractivity contribution in [3.63, 3.8) is 0 Å². The molecule has 2 heterocycles. The number of carbonyl (C=O) groups excluding carboxylic acids is 1. The van der Waals surface area contributed by atoms with Crippen LogP contribution in [0.3, 0.4) is 0 Å². The number of carboxylic acid groups (broad SMARTS) is 1. The number of aromatic nitrogens is 4. The van der Waals surface area contributed by atoms with Gasteiger partial charge in [-0.15, -0.1) is 0 Å². The highest BCUT2D eigenvalue weighted by Gasteiger charge is 2.26. The van der Waals surface area contributed by atoms with Gasteiger partial charge in [0, 0.05) is 48.0 Å². The van der Waals surface area contributed by atoms with Gasteiger partial charge < -0.3 is 50.1 Å². The van der Waals surface area contributed by atoms with Crippen LogP contribution in [0.2, 0.25) is 51.4 Å². The number of rotatable bonds is 20. The summed E-state index contributed by atoms with van der Waals surface area (Å²) in [6.07, 6.45) is 1.85. The van der Waals surface area contributed by atoms with Crippen molar-refractivity contribution in [2.24, 2.45) is 11.5 Å². The molecule has 60 heavy (non-hydrogen) atoms. The van der Waals surface area contributed by atoms with Crippen LogP contribution in [0.5, 0.6) is 0 Å². The van der Waals surface area contributed by atoms with E-state index in [4.69, 9.17) is 35.6 Å². The molecule has 14 nitrogen and oxygen atoms in total. The monoisotopic (exact) mass is 869 g/mol. The van der Waals surface area contributed by atoms with Crippen LogP contribution in [0, 0.1) is 0 Å². The molecule has 0 bridgehead atoms. The summed E-state index contributed by atoms with van der Waals surface area (Å²) >= 11 is 0. The number of aryl methyl sites for hydroxylation is 2. The van der Waals surface area contributed by atoms with Crippen molar-refractivity contribution in [3.8, 4) is 0 Å². The number of benzene rings is 2. The quantitative estimate of drug-likeness (QED) is 0.0495. The van der Waals surface area contributed by atoms with E-state index in [2.05, 4.69) is 71.9 Å². The number of hydrogen-bond acceptors (Lipinski definition) is 9. The molecule has 4 aromatic rings. The molecule has 0 spiro atoms. The number of alkyl carbamates (subject to hydrolysis) is 1. The zero-order valence-corrected chi connectivity index (χ0v) is 40.7. The Hall–Kier alpha value is -3.81. The van der Waals surface area contributed by atoms with Gasteiger partial charge in [0.25, 0.3) is 0 Å². The zero-order valence-electron chi connectivity index (χ0n) is 38.7. The summed E-state index contributed by atoms with van der Waals surface area (Å²) < 4.78 is 21.4. The van der Waals surface area contributed by atoms with Crippen LogP contribution in [0.25, 0.3) is 22.1 Å². The molecule has 0 unspecified atom stereocenters. The Morgan fingerprint density at radius 2 is 1.33 bits per heavy atom. The van der Waals surface area contributed by atoms with Crippen molar-refractivity contribution in [1.82, 2.24) is 29.3 Å². The number of hydrogen-bond donors (Lipinski definition) is 4. The van der Waals surface area contributed by atoms with Gasteiger partial charge in [-0.25, -0.2) is 19.6 Å². The van der Waals surface area contributed by atoms with Gasteiger partial charge in [-0.3, -0.25) is 0 Å². The van der Waals surface area contributed by atoms with Crippen LogP contribution >= 0.6 is 0 Å². The molecule has 4 rings (SSSR count). The first-order valence-corrected chi connectivity index (χ1v) is 28.8. The highest BCUT2D eigenvalue weighted by atomic mass is 28.3. The minimum atomic E-state index is -1.15. The van der Waals surface area contributed by atoms with E-state index in [1.54, 1.807) is 0 Å². The summed E-state index contributed by atoms with van der Waals surface area (Å²) in [6.45, 7) is 29.5. The number of amides is 2. The Labute approximate surface area is 360 Å². The average molecular weight is 869 g/mol. The lowest BCUT2D eigenvalue weighted by atomic mass is 10.0. The smallest absolute Gasteiger partial charge is 0.407 e. The lowest BCUT2D eigenvalue weighted by Gasteiger charge is -2.33. The largest absolute Gasteiger partial charge is 0.465 e. The SMILES string of the molecule is CC(C)(C)N(CCCc1cccc2nc(CN)n(COCC[Si](C)(C)C)c12)C(=O)O.CC(C)(C)OC(=O)NCCCc1cccc2c1nc(CN)n2COCC[Si](C)(C)C. The molecule has 16 heteroatoms. The number of imidazole rings is 2. The number of nitrogens with zero attached hydrogens (tertiary/aromatic N) is 5. The summed E-state index contributed by atoms with van der Waals surface area (Å²) in [5, 5.41) is 12.3. The summed E-state index contributed by atoms with van der Waals surface area (Å²) in [7, 11) is -2.26. The predicted octanol–water partition coefficient (Wildman–Crippen LogP) is 8.78. The fraction of sp³-hybridized carbons (Fsp3) is 0.636. The van der Waals surface area contributed by atoms with Gasteiger partial charge in [-0.1, -0.05) is 63.5 Å². The zero-order chi connectivity index (χ0) is 44.9. The Morgan fingerprint density at radius 3 is 1.88 bits per heavy atom. The van der Waals surface area contributed by atoms with Crippen LogP contribution in [0.4, 0.5) is 9.59 Å². The van der Waals surface area contributed by atoms with Crippen LogP contribution in [0.15, 0.2) is 36.4 Å². The third kappa shape index (κ3) is 16.6. The van der Waals surface area contributed by atoms with E-state index >= 15 is 0 Å². The Kier molecular flexibility index (Phi) is 18.8. The average Bonchev–Trinajstić information content (AvgIpc) is 3.68. The fourth-order valence-electron chi connectivity index (χ4n) is 6.56. The predicted molar refractivity (Wildman–Crippen MR) is 249 cm³/mol. The lowest BCUT2D eigenvalue weighted by Crippen LogP contribution is -2.45. The number of fused-ring (bicyclic) bond motifs is 2. The Balaban J connectivity index is 0.000000320. The number of para-hydroxylation sites is 2. The van der Waals surface area contributed by atoms with Gasteiger partial charge in [-0.05, 0) is 103 Å². The molecular formula is C44H76N8O6Si2. The Morgan fingerprint density at radius 1 is 0.783 bits per heavy atom. The van der Waals surface area contributed by atoms with E-state index in [1.807, 2.05) is 59.7 Å². The van der Waals surface area contributed by atoms with Crippen LogP contribution < -0.4 is 16.8 Å². The molecule has 6 N–H and O–H groups in total. The highest BCUT2D eigenvalue weighted by Crippen LogP contribution is 2.25. The maximum atomic E-state index is 11.8. The molecule has 2 aromatic carbocycles. The molecule has 0 atom stereocenters. The molecule has 0 saturated heterocycles. The number of nitrogens with two attached hydrogens (primary N) is 2. The van der Waals surface area contributed by atoms with Crippen molar-refractivity contribution < 1.29 is 28.9 Å². The molecule has 2 aromatic heterocycles. The second-order valence-electron chi connectivity index (χ2n) is 19.8. The third-order valence-corrected chi connectivity index (χ3v) is 13.2. The first-order valence-electron chi connectivity index (χ1n) is 21.4. The molecule has 336 valence electrons. The maximum Gasteiger partial charge on any atom is 0.407 e. The summed E-state index contributed by atoms with van der Waals surface area (Å²) in [4.78, 5) is 34.3. The van der Waals surface area contributed by atoms with Gasteiger partial charge in [0.15, 0.2) is 0 Å². The normalized spacial score (nSPS) is 12.4. The van der Waals surface area contributed by atoms with Crippen molar-refractivity contribution in [3.05, 3.63) is 59.2 Å². The van der Waals surface area contributed by atoms with Crippen molar-refractivity contribution in [2.45, 2.75) is 156 Å². The van der Waals surface area contributed by atoms with Gasteiger partial charge >= 0.3 is 12.2 Å². The first-order chi connectivity index (χ1) is 27.9. The molecular weight excluding hydrogens is 793 g/mol. The minimum absolute atomic E-state index is 0.350. The highest BCUT2D eigenvalue weighted by molar-refractivity contribution is 6.76. The van der Waals surface area contributed by atoms with Gasteiger partial charge in [0.1, 0.15) is 30.7 Å². The van der Waals surface area contributed by atoms with Crippen LogP contribution in [-0.2, 0) is 53.6 Å². The van der Waals surface area contributed by atoms with Crippen molar-refractivity contribution in [1.29, 1.82) is 0 Å². The summed E-state index contributed by atoms with van der Waals surface area (Å²) in [6, 6.07) is 14.5. The summed E-state index contributed by atoms with van der Waals surface area (Å²) in [5.41, 5.74) is 17.3. The number of ether oxygens (including phenoxy) is 3. The van der Waals surface area contributed by atoms with Crippen LogP contribution in [-0.4, -0.2) is 94.9 Å². The van der Waals surface area contributed by atoms with E-state index < -0.39 is 33.4 Å². The first kappa shape index (κ1) is 50.5. The molecule has 0 radical (unpaired) electrons. The topological polar surface area (TPSA) is 185 Å². The summed E-state index contributed by atoms with van der Waals surface area (Å²) in [5.74, 6) is 1.64. The van der Waals surface area contributed by atoms with Crippen molar-refractivity contribution >= 4 is 50.4 Å². The molecule has 0 aliphatic rings. The van der Waals surface area contributed by atoms with Gasteiger partial charge in [-0.2, -0.15) is 0 Å². The van der Waals surface area contributed by atoms with E-state index in [0.717, 1.165) is 95.8 Å². The van der Waals surface area contributed by atoms with Crippen molar-refractivity contribution in [2.75, 3.05) is 26.3 Å². The van der Waals surface area contributed by atoms with E-state index in [-0.39, 0.29) is 6.09 Å².